The number of aromatic nitrogens is 2. The van der Waals surface area contributed by atoms with Gasteiger partial charge in [-0.05, 0) is 24.1 Å². The third kappa shape index (κ3) is 2.51. The third-order valence-electron chi connectivity index (χ3n) is 2.59. The lowest BCUT2D eigenvalue weighted by Crippen LogP contribution is -2.14. The van der Waals surface area contributed by atoms with Gasteiger partial charge in [0.05, 0.1) is 0 Å². The van der Waals surface area contributed by atoms with Crippen molar-refractivity contribution in [3.63, 3.8) is 0 Å². The number of halogens is 1. The van der Waals surface area contributed by atoms with Crippen LogP contribution in [0.15, 0.2) is 35.1 Å². The molecule has 84 valence electrons. The van der Waals surface area contributed by atoms with Crippen molar-refractivity contribution in [2.75, 3.05) is 0 Å². The Balaban J connectivity index is 2.14. The largest absolute Gasteiger partial charge is 0.349 e. The third-order valence-corrected chi connectivity index (χ3v) is 3.45. The van der Waals surface area contributed by atoms with Gasteiger partial charge in [-0.2, -0.15) is 0 Å². The summed E-state index contributed by atoms with van der Waals surface area (Å²) < 4.78 is 1.10. The number of aromatic amines is 1. The summed E-state index contributed by atoms with van der Waals surface area (Å²) in [5, 5.41) is 0. The van der Waals surface area contributed by atoms with Crippen LogP contribution in [0.25, 0.3) is 0 Å². The van der Waals surface area contributed by atoms with Gasteiger partial charge in [-0.3, -0.25) is 0 Å². The van der Waals surface area contributed by atoms with E-state index in [2.05, 4.69) is 51.0 Å². The minimum absolute atomic E-state index is 0.0250. The molecule has 3 nitrogen and oxygen atoms in total. The Morgan fingerprint density at radius 3 is 2.94 bits per heavy atom. The molecule has 0 bridgehead atoms. The van der Waals surface area contributed by atoms with Crippen LogP contribution in [0.3, 0.4) is 0 Å². The molecule has 1 heterocycles. The Bertz CT molecular complexity index is 465. The average Bonchev–Trinajstić information content (AvgIpc) is 2.74. The second kappa shape index (κ2) is 4.80. The normalized spacial score (nSPS) is 12.7. The number of nitrogens with one attached hydrogen (secondary N) is 1. The van der Waals surface area contributed by atoms with Gasteiger partial charge in [-0.15, -0.1) is 0 Å². The van der Waals surface area contributed by atoms with Gasteiger partial charge < -0.3 is 10.7 Å². The maximum Gasteiger partial charge on any atom is 0.107 e. The van der Waals surface area contributed by atoms with Crippen LogP contribution in [0.4, 0.5) is 0 Å². The van der Waals surface area contributed by atoms with Crippen LogP contribution in [-0.2, 0) is 6.42 Å². The highest BCUT2D eigenvalue weighted by Gasteiger charge is 2.09. The molecule has 3 N–H and O–H groups in total. The Hall–Kier alpha value is -1.13. The van der Waals surface area contributed by atoms with E-state index in [1.807, 2.05) is 6.20 Å². The zero-order valence-electron chi connectivity index (χ0n) is 9.07. The molecule has 0 saturated carbocycles. The number of hydrogen-bond donors (Lipinski definition) is 2. The minimum atomic E-state index is -0.0250. The SMILES string of the molecule is Cc1ccc(C(N)Cc2ncc[nH]2)cc1Br. The van der Waals surface area contributed by atoms with E-state index in [0.717, 1.165) is 22.3 Å². The van der Waals surface area contributed by atoms with Crippen LogP contribution in [-0.4, -0.2) is 9.97 Å². The van der Waals surface area contributed by atoms with Crippen molar-refractivity contribution in [3.8, 4) is 0 Å². The highest BCUT2D eigenvalue weighted by molar-refractivity contribution is 9.10. The Morgan fingerprint density at radius 1 is 1.50 bits per heavy atom. The molecular weight excluding hydrogens is 266 g/mol. The highest BCUT2D eigenvalue weighted by Crippen LogP contribution is 2.22. The molecule has 1 atom stereocenters. The maximum atomic E-state index is 6.12. The molecule has 1 unspecified atom stereocenters. The number of rotatable bonds is 3. The molecule has 2 rings (SSSR count). The second-order valence-corrected chi connectivity index (χ2v) is 4.71. The van der Waals surface area contributed by atoms with Crippen LogP contribution in [0.5, 0.6) is 0 Å². The fraction of sp³-hybridized carbons (Fsp3) is 0.250. The average molecular weight is 280 g/mol. The molecule has 0 aliphatic heterocycles. The first-order valence-electron chi connectivity index (χ1n) is 5.16. The van der Waals surface area contributed by atoms with E-state index in [-0.39, 0.29) is 6.04 Å². The fourth-order valence-electron chi connectivity index (χ4n) is 1.58. The molecule has 0 amide bonds. The summed E-state index contributed by atoms with van der Waals surface area (Å²) >= 11 is 3.51. The topological polar surface area (TPSA) is 54.7 Å². The van der Waals surface area contributed by atoms with Gasteiger partial charge >= 0.3 is 0 Å². The van der Waals surface area contributed by atoms with Crippen molar-refractivity contribution in [1.29, 1.82) is 0 Å². The van der Waals surface area contributed by atoms with Crippen molar-refractivity contribution in [2.24, 2.45) is 5.73 Å². The van der Waals surface area contributed by atoms with Crippen LogP contribution in [0.1, 0.15) is 23.0 Å². The van der Waals surface area contributed by atoms with Gasteiger partial charge in [0.1, 0.15) is 5.82 Å². The highest BCUT2D eigenvalue weighted by atomic mass is 79.9. The zero-order valence-corrected chi connectivity index (χ0v) is 10.7. The molecule has 16 heavy (non-hydrogen) atoms. The van der Waals surface area contributed by atoms with Crippen molar-refractivity contribution in [3.05, 3.63) is 52.0 Å². The first kappa shape index (κ1) is 11.4. The van der Waals surface area contributed by atoms with E-state index in [4.69, 9.17) is 5.73 Å². The number of imidazole rings is 1. The Morgan fingerprint density at radius 2 is 2.31 bits per heavy atom. The summed E-state index contributed by atoms with van der Waals surface area (Å²) in [6.45, 7) is 2.06. The van der Waals surface area contributed by atoms with E-state index in [9.17, 15) is 0 Å². The number of nitrogens with zero attached hydrogens (tertiary/aromatic N) is 1. The monoisotopic (exact) mass is 279 g/mol. The van der Waals surface area contributed by atoms with Crippen molar-refractivity contribution < 1.29 is 0 Å². The van der Waals surface area contributed by atoms with Gasteiger partial charge in [-0.25, -0.2) is 4.98 Å². The number of hydrogen-bond acceptors (Lipinski definition) is 2. The second-order valence-electron chi connectivity index (χ2n) is 3.86. The minimum Gasteiger partial charge on any atom is -0.349 e. The fourth-order valence-corrected chi connectivity index (χ4v) is 1.97. The number of H-pyrrole nitrogens is 1. The van der Waals surface area contributed by atoms with Gasteiger partial charge in [0, 0.05) is 29.3 Å². The van der Waals surface area contributed by atoms with Crippen LogP contribution >= 0.6 is 15.9 Å². The van der Waals surface area contributed by atoms with Gasteiger partial charge in [0.15, 0.2) is 0 Å². The molecule has 0 radical (unpaired) electrons. The number of benzene rings is 1. The van der Waals surface area contributed by atoms with Crippen molar-refractivity contribution in [2.45, 2.75) is 19.4 Å². The first-order valence-corrected chi connectivity index (χ1v) is 5.96. The number of aryl methyl sites for hydroxylation is 1. The Kier molecular flexibility index (Phi) is 3.41. The predicted molar refractivity (Wildman–Crippen MR) is 68.1 cm³/mol. The first-order chi connectivity index (χ1) is 7.66. The molecule has 0 spiro atoms. The molecule has 4 heteroatoms. The molecule has 0 aliphatic carbocycles. The van der Waals surface area contributed by atoms with E-state index in [0.29, 0.717) is 0 Å². The number of nitrogens with two attached hydrogens (primary N) is 1. The molecule has 0 aliphatic rings. The molecule has 0 saturated heterocycles. The molecule has 2 aromatic rings. The van der Waals surface area contributed by atoms with Crippen LogP contribution < -0.4 is 5.73 Å². The summed E-state index contributed by atoms with van der Waals surface area (Å²) in [6, 6.07) is 6.18. The lowest BCUT2D eigenvalue weighted by molar-refractivity contribution is 0.694. The van der Waals surface area contributed by atoms with Crippen molar-refractivity contribution >= 4 is 15.9 Å². The molecule has 1 aromatic heterocycles. The van der Waals surface area contributed by atoms with Crippen LogP contribution in [0.2, 0.25) is 0 Å². The quantitative estimate of drug-likeness (QED) is 0.908. The van der Waals surface area contributed by atoms with Gasteiger partial charge in [0.25, 0.3) is 0 Å². The smallest absolute Gasteiger partial charge is 0.107 e. The van der Waals surface area contributed by atoms with E-state index >= 15 is 0 Å². The van der Waals surface area contributed by atoms with Gasteiger partial charge in [0.2, 0.25) is 0 Å². The van der Waals surface area contributed by atoms with E-state index < -0.39 is 0 Å². The maximum absolute atomic E-state index is 6.12. The lowest BCUT2D eigenvalue weighted by Gasteiger charge is -2.11. The summed E-state index contributed by atoms with van der Waals surface area (Å²) in [5.41, 5.74) is 8.46. The van der Waals surface area contributed by atoms with Crippen molar-refractivity contribution in [1.82, 2.24) is 9.97 Å². The summed E-state index contributed by atoms with van der Waals surface area (Å²) in [5.74, 6) is 0.921. The van der Waals surface area contributed by atoms with Gasteiger partial charge in [-0.1, -0.05) is 28.1 Å². The van der Waals surface area contributed by atoms with E-state index in [1.54, 1.807) is 6.20 Å². The van der Waals surface area contributed by atoms with E-state index in [1.165, 1.54) is 5.56 Å². The predicted octanol–water partition coefficient (Wildman–Crippen LogP) is 2.72. The standard InChI is InChI=1S/C12H14BrN3/c1-8-2-3-9(6-10(8)13)11(14)7-12-15-4-5-16-12/h2-6,11H,7,14H2,1H3,(H,15,16). The molecular formula is C12H14BrN3. The summed E-state index contributed by atoms with van der Waals surface area (Å²) in [6.07, 6.45) is 4.28. The molecule has 1 aromatic carbocycles. The Labute approximate surface area is 103 Å². The van der Waals surface area contributed by atoms with Crippen LogP contribution in [0, 0.1) is 6.92 Å². The summed E-state index contributed by atoms with van der Waals surface area (Å²) in [4.78, 5) is 7.24. The molecule has 0 fully saturated rings. The summed E-state index contributed by atoms with van der Waals surface area (Å²) in [7, 11) is 0. The lowest BCUT2D eigenvalue weighted by atomic mass is 10.0. The zero-order chi connectivity index (χ0) is 11.5.